The fraction of sp³-hybridized carbons (Fsp3) is 0.545. The Morgan fingerprint density at radius 1 is 1.56 bits per heavy atom. The Hall–Kier alpha value is -0.390. The Labute approximate surface area is 109 Å². The standard InChI is InChI=1S/C11H17BrN2OS/c1-8(2)5-14-11(15)7-13-6-10-9(12)3-4-16-10/h3-4,8,13H,5-7H2,1-2H3,(H,14,15). The Kier molecular flexibility index (Phi) is 6.01. The first kappa shape index (κ1) is 13.7. The maximum Gasteiger partial charge on any atom is 0.233 e. The Morgan fingerprint density at radius 3 is 2.88 bits per heavy atom. The highest BCUT2D eigenvalue weighted by Crippen LogP contribution is 2.21. The van der Waals surface area contributed by atoms with Crippen LogP contribution in [0.15, 0.2) is 15.9 Å². The van der Waals surface area contributed by atoms with E-state index in [1.165, 1.54) is 4.88 Å². The molecule has 0 aliphatic carbocycles. The second-order valence-corrected chi connectivity index (χ2v) is 5.85. The van der Waals surface area contributed by atoms with E-state index in [4.69, 9.17) is 0 Å². The molecule has 0 unspecified atom stereocenters. The second-order valence-electron chi connectivity index (χ2n) is 3.99. The minimum absolute atomic E-state index is 0.0568. The largest absolute Gasteiger partial charge is 0.355 e. The molecule has 0 aliphatic rings. The van der Waals surface area contributed by atoms with Gasteiger partial charge in [-0.15, -0.1) is 11.3 Å². The number of nitrogens with one attached hydrogen (secondary N) is 2. The van der Waals surface area contributed by atoms with Crippen LogP contribution < -0.4 is 10.6 Å². The van der Waals surface area contributed by atoms with Crippen molar-refractivity contribution in [3.05, 3.63) is 20.8 Å². The van der Waals surface area contributed by atoms with E-state index in [2.05, 4.69) is 40.4 Å². The lowest BCUT2D eigenvalue weighted by molar-refractivity contribution is -0.120. The lowest BCUT2D eigenvalue weighted by atomic mass is 10.2. The van der Waals surface area contributed by atoms with Crippen LogP contribution in [-0.2, 0) is 11.3 Å². The molecule has 0 bridgehead atoms. The van der Waals surface area contributed by atoms with E-state index in [0.29, 0.717) is 12.5 Å². The van der Waals surface area contributed by atoms with Gasteiger partial charge >= 0.3 is 0 Å². The number of carbonyl (C=O) groups excluding carboxylic acids is 1. The first-order chi connectivity index (χ1) is 7.59. The fourth-order valence-electron chi connectivity index (χ4n) is 1.12. The highest BCUT2D eigenvalue weighted by molar-refractivity contribution is 9.10. The van der Waals surface area contributed by atoms with Gasteiger partial charge in [0, 0.05) is 22.4 Å². The van der Waals surface area contributed by atoms with Crippen molar-refractivity contribution in [3.63, 3.8) is 0 Å². The van der Waals surface area contributed by atoms with Gasteiger partial charge in [0.15, 0.2) is 0 Å². The predicted octanol–water partition coefficient (Wildman–Crippen LogP) is 2.37. The van der Waals surface area contributed by atoms with Gasteiger partial charge in [-0.25, -0.2) is 0 Å². The Bertz CT molecular complexity index is 338. The first-order valence-corrected chi connectivity index (χ1v) is 6.96. The minimum Gasteiger partial charge on any atom is -0.355 e. The summed E-state index contributed by atoms with van der Waals surface area (Å²) < 4.78 is 1.10. The van der Waals surface area contributed by atoms with Gasteiger partial charge in [0.05, 0.1) is 6.54 Å². The Balaban J connectivity index is 2.16. The normalized spacial score (nSPS) is 10.8. The summed E-state index contributed by atoms with van der Waals surface area (Å²) in [7, 11) is 0. The average Bonchev–Trinajstić information content (AvgIpc) is 2.61. The van der Waals surface area contributed by atoms with Gasteiger partial charge in [-0.05, 0) is 33.3 Å². The van der Waals surface area contributed by atoms with E-state index < -0.39 is 0 Å². The number of halogens is 1. The molecule has 0 saturated heterocycles. The average molecular weight is 305 g/mol. The molecule has 0 atom stereocenters. The van der Waals surface area contributed by atoms with Crippen molar-refractivity contribution in [2.75, 3.05) is 13.1 Å². The summed E-state index contributed by atoms with van der Waals surface area (Å²) in [4.78, 5) is 12.6. The molecule has 1 amide bonds. The van der Waals surface area contributed by atoms with Crippen molar-refractivity contribution in [1.82, 2.24) is 10.6 Å². The summed E-state index contributed by atoms with van der Waals surface area (Å²) in [5.41, 5.74) is 0. The van der Waals surface area contributed by atoms with Crippen molar-refractivity contribution in [2.45, 2.75) is 20.4 Å². The van der Waals surface area contributed by atoms with E-state index >= 15 is 0 Å². The molecular weight excluding hydrogens is 288 g/mol. The number of thiophene rings is 1. The van der Waals surface area contributed by atoms with Gasteiger partial charge in [0.25, 0.3) is 0 Å². The van der Waals surface area contributed by atoms with Crippen LogP contribution in [0.5, 0.6) is 0 Å². The molecule has 0 aliphatic heterocycles. The zero-order chi connectivity index (χ0) is 12.0. The molecule has 0 radical (unpaired) electrons. The van der Waals surface area contributed by atoms with Crippen LogP contribution in [0.2, 0.25) is 0 Å². The summed E-state index contributed by atoms with van der Waals surface area (Å²) in [5, 5.41) is 8.02. The van der Waals surface area contributed by atoms with Crippen molar-refractivity contribution >= 4 is 33.2 Å². The summed E-state index contributed by atoms with van der Waals surface area (Å²) >= 11 is 5.13. The van der Waals surface area contributed by atoms with Crippen molar-refractivity contribution in [2.24, 2.45) is 5.92 Å². The summed E-state index contributed by atoms with van der Waals surface area (Å²) in [6, 6.07) is 2.01. The maximum absolute atomic E-state index is 11.4. The molecule has 16 heavy (non-hydrogen) atoms. The van der Waals surface area contributed by atoms with Gasteiger partial charge in [-0.3, -0.25) is 4.79 Å². The third kappa shape index (κ3) is 5.09. The van der Waals surface area contributed by atoms with Gasteiger partial charge in [-0.1, -0.05) is 13.8 Å². The summed E-state index contributed by atoms with van der Waals surface area (Å²) in [6.45, 7) is 6.00. The lowest BCUT2D eigenvalue weighted by Crippen LogP contribution is -2.35. The van der Waals surface area contributed by atoms with Crippen LogP contribution >= 0.6 is 27.3 Å². The zero-order valence-electron chi connectivity index (χ0n) is 9.55. The molecule has 1 heterocycles. The summed E-state index contributed by atoms with van der Waals surface area (Å²) in [5.74, 6) is 0.553. The van der Waals surface area contributed by atoms with Crippen LogP contribution in [0, 0.1) is 5.92 Å². The van der Waals surface area contributed by atoms with Gasteiger partial charge in [-0.2, -0.15) is 0 Å². The van der Waals surface area contributed by atoms with E-state index in [9.17, 15) is 4.79 Å². The van der Waals surface area contributed by atoms with E-state index in [1.807, 2.05) is 11.4 Å². The molecule has 0 aromatic carbocycles. The van der Waals surface area contributed by atoms with Crippen LogP contribution in [0.4, 0.5) is 0 Å². The molecule has 0 spiro atoms. The molecule has 5 heteroatoms. The van der Waals surface area contributed by atoms with Crippen molar-refractivity contribution in [3.8, 4) is 0 Å². The fourth-order valence-corrected chi connectivity index (χ4v) is 2.58. The highest BCUT2D eigenvalue weighted by Gasteiger charge is 2.04. The van der Waals surface area contributed by atoms with Crippen LogP contribution in [0.1, 0.15) is 18.7 Å². The van der Waals surface area contributed by atoms with E-state index in [0.717, 1.165) is 17.6 Å². The SMILES string of the molecule is CC(C)CNC(=O)CNCc1sccc1Br. The minimum atomic E-state index is 0.0568. The molecule has 0 saturated carbocycles. The zero-order valence-corrected chi connectivity index (χ0v) is 12.0. The smallest absolute Gasteiger partial charge is 0.233 e. The highest BCUT2D eigenvalue weighted by atomic mass is 79.9. The predicted molar refractivity (Wildman–Crippen MR) is 71.6 cm³/mol. The number of rotatable bonds is 6. The summed E-state index contributed by atoms with van der Waals surface area (Å²) in [6.07, 6.45) is 0. The topological polar surface area (TPSA) is 41.1 Å². The van der Waals surface area contributed by atoms with Crippen LogP contribution in [0.3, 0.4) is 0 Å². The second kappa shape index (κ2) is 7.04. The third-order valence-corrected chi connectivity index (χ3v) is 3.90. The molecule has 3 nitrogen and oxygen atoms in total. The van der Waals surface area contributed by atoms with Gasteiger partial charge in [0.1, 0.15) is 0 Å². The quantitative estimate of drug-likeness (QED) is 0.847. The van der Waals surface area contributed by atoms with Gasteiger partial charge < -0.3 is 10.6 Å². The number of hydrogen-bond acceptors (Lipinski definition) is 3. The van der Waals surface area contributed by atoms with E-state index in [1.54, 1.807) is 11.3 Å². The van der Waals surface area contributed by atoms with E-state index in [-0.39, 0.29) is 5.91 Å². The monoisotopic (exact) mass is 304 g/mol. The molecule has 90 valence electrons. The van der Waals surface area contributed by atoms with Gasteiger partial charge in [0.2, 0.25) is 5.91 Å². The maximum atomic E-state index is 11.4. The first-order valence-electron chi connectivity index (χ1n) is 5.29. The lowest BCUT2D eigenvalue weighted by Gasteiger charge is -2.08. The number of carbonyl (C=O) groups is 1. The third-order valence-electron chi connectivity index (χ3n) is 1.97. The van der Waals surface area contributed by atoms with Crippen LogP contribution in [-0.4, -0.2) is 19.0 Å². The van der Waals surface area contributed by atoms with Crippen molar-refractivity contribution in [1.29, 1.82) is 0 Å². The number of hydrogen-bond donors (Lipinski definition) is 2. The molecule has 1 rings (SSSR count). The molecule has 2 N–H and O–H groups in total. The Morgan fingerprint density at radius 2 is 2.31 bits per heavy atom. The van der Waals surface area contributed by atoms with Crippen molar-refractivity contribution < 1.29 is 4.79 Å². The molecular formula is C11H17BrN2OS. The molecule has 1 aromatic rings. The number of amides is 1. The molecule has 0 fully saturated rings. The molecule has 1 aromatic heterocycles. The van der Waals surface area contributed by atoms with Crippen LogP contribution in [0.25, 0.3) is 0 Å².